The molecule has 0 bridgehead atoms. The Bertz CT molecular complexity index is 320. The molecule has 0 heterocycles. The van der Waals surface area contributed by atoms with Crippen molar-refractivity contribution < 1.29 is 4.79 Å². The molecule has 110 valence electrons. The highest BCUT2D eigenvalue weighted by Crippen LogP contribution is 2.39. The van der Waals surface area contributed by atoms with E-state index < -0.39 is 0 Å². The zero-order valence-corrected chi connectivity index (χ0v) is 12.8. The van der Waals surface area contributed by atoms with Gasteiger partial charge in [0, 0.05) is 18.0 Å². The van der Waals surface area contributed by atoms with E-state index in [4.69, 9.17) is 5.73 Å². The van der Waals surface area contributed by atoms with Crippen LogP contribution in [0.4, 0.5) is 0 Å². The van der Waals surface area contributed by atoms with E-state index in [9.17, 15) is 4.79 Å². The van der Waals surface area contributed by atoms with Crippen molar-refractivity contribution in [1.29, 1.82) is 0 Å². The average Bonchev–Trinajstić information content (AvgIpc) is 2.33. The first-order valence-electron chi connectivity index (χ1n) is 7.87. The summed E-state index contributed by atoms with van der Waals surface area (Å²) in [6.45, 7) is 7.61. The molecular weight excluding hydrogens is 236 g/mol. The molecule has 2 saturated carbocycles. The normalized spacial score (nSPS) is 30.5. The van der Waals surface area contributed by atoms with Gasteiger partial charge in [-0.05, 0) is 56.3 Å². The number of carbonyl (C=O) groups is 1. The summed E-state index contributed by atoms with van der Waals surface area (Å²) in [5.74, 6) is 1.23. The Labute approximate surface area is 117 Å². The van der Waals surface area contributed by atoms with Crippen LogP contribution < -0.4 is 11.1 Å². The lowest BCUT2D eigenvalue weighted by Gasteiger charge is -2.39. The molecule has 0 radical (unpaired) electrons. The Morgan fingerprint density at radius 3 is 2.21 bits per heavy atom. The van der Waals surface area contributed by atoms with Gasteiger partial charge in [0.05, 0.1) is 0 Å². The molecule has 3 heteroatoms. The molecule has 0 aliphatic heterocycles. The van der Waals surface area contributed by atoms with Crippen LogP contribution in [0.15, 0.2) is 0 Å². The Balaban J connectivity index is 1.73. The third-order valence-corrected chi connectivity index (χ3v) is 5.29. The minimum atomic E-state index is -0.0989. The fourth-order valence-electron chi connectivity index (χ4n) is 3.44. The van der Waals surface area contributed by atoms with Crippen molar-refractivity contribution >= 4 is 5.91 Å². The lowest BCUT2D eigenvalue weighted by Crippen LogP contribution is -2.55. The minimum absolute atomic E-state index is 0.0989. The molecule has 2 fully saturated rings. The second-order valence-corrected chi connectivity index (χ2v) is 7.85. The molecule has 0 atom stereocenters. The molecule has 3 N–H and O–H groups in total. The fraction of sp³-hybridized carbons (Fsp3) is 0.938. The third kappa shape index (κ3) is 3.71. The summed E-state index contributed by atoms with van der Waals surface area (Å²) < 4.78 is 0. The lowest BCUT2D eigenvalue weighted by atomic mass is 9.69. The standard InChI is InChI=1S/C16H30N2O/c1-15(2,3)13-7-5-12(6-8-13)14(19)18-11-16(17)9-4-10-16/h12-13H,4-11,17H2,1-3H3,(H,18,19). The Morgan fingerprint density at radius 2 is 1.79 bits per heavy atom. The van der Waals surface area contributed by atoms with Crippen molar-refractivity contribution in [2.24, 2.45) is 23.0 Å². The molecule has 19 heavy (non-hydrogen) atoms. The summed E-state index contributed by atoms with van der Waals surface area (Å²) in [7, 11) is 0. The van der Waals surface area contributed by atoms with Crippen LogP contribution in [-0.2, 0) is 4.79 Å². The highest BCUT2D eigenvalue weighted by Gasteiger charge is 2.35. The van der Waals surface area contributed by atoms with E-state index in [1.54, 1.807) is 0 Å². The Morgan fingerprint density at radius 1 is 1.21 bits per heavy atom. The van der Waals surface area contributed by atoms with Gasteiger partial charge >= 0.3 is 0 Å². The maximum atomic E-state index is 12.2. The van der Waals surface area contributed by atoms with Crippen molar-refractivity contribution in [3.8, 4) is 0 Å². The molecule has 0 aromatic heterocycles. The second kappa shape index (κ2) is 5.43. The van der Waals surface area contributed by atoms with Crippen LogP contribution in [0.2, 0.25) is 0 Å². The maximum Gasteiger partial charge on any atom is 0.223 e. The summed E-state index contributed by atoms with van der Waals surface area (Å²) in [4.78, 5) is 12.2. The predicted octanol–water partition coefficient (Wildman–Crippen LogP) is 2.84. The summed E-state index contributed by atoms with van der Waals surface area (Å²) in [6.07, 6.45) is 7.80. The van der Waals surface area contributed by atoms with Crippen LogP contribution in [0.5, 0.6) is 0 Å². The van der Waals surface area contributed by atoms with Gasteiger partial charge in [0.2, 0.25) is 5.91 Å². The second-order valence-electron chi connectivity index (χ2n) is 7.85. The lowest BCUT2D eigenvalue weighted by molar-refractivity contribution is -0.127. The first-order valence-corrected chi connectivity index (χ1v) is 7.87. The monoisotopic (exact) mass is 266 g/mol. The van der Waals surface area contributed by atoms with E-state index >= 15 is 0 Å². The number of carbonyl (C=O) groups excluding carboxylic acids is 1. The van der Waals surface area contributed by atoms with Gasteiger partial charge in [-0.25, -0.2) is 0 Å². The molecule has 0 spiro atoms. The predicted molar refractivity (Wildman–Crippen MR) is 78.7 cm³/mol. The van der Waals surface area contributed by atoms with Crippen LogP contribution in [0.3, 0.4) is 0 Å². The number of nitrogens with two attached hydrogens (primary N) is 1. The van der Waals surface area contributed by atoms with Gasteiger partial charge < -0.3 is 11.1 Å². The molecular formula is C16H30N2O. The highest BCUT2D eigenvalue weighted by molar-refractivity contribution is 5.78. The highest BCUT2D eigenvalue weighted by atomic mass is 16.1. The van der Waals surface area contributed by atoms with E-state index in [0.29, 0.717) is 12.0 Å². The Kier molecular flexibility index (Phi) is 4.24. The molecule has 0 unspecified atom stereocenters. The van der Waals surface area contributed by atoms with Crippen LogP contribution in [-0.4, -0.2) is 18.0 Å². The third-order valence-electron chi connectivity index (χ3n) is 5.29. The Hall–Kier alpha value is -0.570. The topological polar surface area (TPSA) is 55.1 Å². The van der Waals surface area contributed by atoms with Gasteiger partial charge in [-0.3, -0.25) is 4.79 Å². The number of amides is 1. The van der Waals surface area contributed by atoms with Crippen LogP contribution >= 0.6 is 0 Å². The summed E-state index contributed by atoms with van der Waals surface area (Å²) in [5.41, 5.74) is 6.43. The maximum absolute atomic E-state index is 12.2. The van der Waals surface area contributed by atoms with Gasteiger partial charge in [0.25, 0.3) is 0 Å². The van der Waals surface area contributed by atoms with Crippen LogP contribution in [0.1, 0.15) is 65.7 Å². The number of hydrogen-bond donors (Lipinski definition) is 2. The van der Waals surface area contributed by atoms with Crippen LogP contribution in [0.25, 0.3) is 0 Å². The van der Waals surface area contributed by atoms with E-state index in [1.165, 1.54) is 19.3 Å². The van der Waals surface area contributed by atoms with Gasteiger partial charge in [0.15, 0.2) is 0 Å². The van der Waals surface area contributed by atoms with E-state index in [-0.39, 0.29) is 17.4 Å². The SMILES string of the molecule is CC(C)(C)C1CCC(C(=O)NCC2(N)CCC2)CC1. The molecule has 3 nitrogen and oxygen atoms in total. The molecule has 2 aliphatic rings. The summed E-state index contributed by atoms with van der Waals surface area (Å²) >= 11 is 0. The van der Waals surface area contributed by atoms with Gasteiger partial charge in [0.1, 0.15) is 0 Å². The molecule has 1 amide bonds. The van der Waals surface area contributed by atoms with E-state index in [2.05, 4.69) is 26.1 Å². The molecule has 2 aliphatic carbocycles. The zero-order chi connectivity index (χ0) is 14.1. The quantitative estimate of drug-likeness (QED) is 0.825. The number of hydrogen-bond acceptors (Lipinski definition) is 2. The van der Waals surface area contributed by atoms with Crippen molar-refractivity contribution in [2.45, 2.75) is 71.3 Å². The van der Waals surface area contributed by atoms with Crippen molar-refractivity contribution in [3.63, 3.8) is 0 Å². The zero-order valence-electron chi connectivity index (χ0n) is 12.8. The van der Waals surface area contributed by atoms with Gasteiger partial charge in [-0.1, -0.05) is 20.8 Å². The number of nitrogens with one attached hydrogen (secondary N) is 1. The van der Waals surface area contributed by atoms with E-state index in [1.807, 2.05) is 0 Å². The average molecular weight is 266 g/mol. The minimum Gasteiger partial charge on any atom is -0.354 e. The van der Waals surface area contributed by atoms with E-state index in [0.717, 1.165) is 31.6 Å². The van der Waals surface area contributed by atoms with Gasteiger partial charge in [-0.2, -0.15) is 0 Å². The van der Waals surface area contributed by atoms with Crippen molar-refractivity contribution in [2.75, 3.05) is 6.54 Å². The van der Waals surface area contributed by atoms with Crippen molar-refractivity contribution in [1.82, 2.24) is 5.32 Å². The first kappa shape index (κ1) is 14.8. The summed E-state index contributed by atoms with van der Waals surface area (Å²) in [6, 6.07) is 0. The molecule has 2 rings (SSSR count). The molecule has 0 aromatic carbocycles. The fourth-order valence-corrected chi connectivity index (χ4v) is 3.44. The smallest absolute Gasteiger partial charge is 0.223 e. The summed E-state index contributed by atoms with van der Waals surface area (Å²) in [5, 5.41) is 3.08. The molecule has 0 saturated heterocycles. The first-order chi connectivity index (χ1) is 8.80. The van der Waals surface area contributed by atoms with Gasteiger partial charge in [-0.15, -0.1) is 0 Å². The molecule has 0 aromatic rings. The largest absolute Gasteiger partial charge is 0.354 e. The number of rotatable bonds is 3. The van der Waals surface area contributed by atoms with Crippen LogP contribution in [0, 0.1) is 17.3 Å². The van der Waals surface area contributed by atoms with Crippen molar-refractivity contribution in [3.05, 3.63) is 0 Å².